The van der Waals surface area contributed by atoms with E-state index in [0.717, 1.165) is 45.1 Å². The van der Waals surface area contributed by atoms with Gasteiger partial charge in [-0.05, 0) is 25.7 Å². The van der Waals surface area contributed by atoms with Gasteiger partial charge in [-0.3, -0.25) is 4.79 Å². The normalized spacial score (nSPS) is 16.9. The maximum absolute atomic E-state index is 11.6. The number of aliphatic hydroxyl groups excluding tert-OH is 1. The standard InChI is InChI=1S/C12H23NO2/c14-10-6-2-1-5-9-13-12(15)11-7-3-4-8-11/h11,14H,1-10H2,(H,13,15). The summed E-state index contributed by atoms with van der Waals surface area (Å²) in [5, 5.41) is 11.6. The minimum atomic E-state index is 0.259. The highest BCUT2D eigenvalue weighted by atomic mass is 16.2. The number of amides is 1. The SMILES string of the molecule is O=C(NCCCCCCO)C1CCCC1. The molecule has 1 saturated carbocycles. The molecule has 0 aromatic heterocycles. The summed E-state index contributed by atoms with van der Waals surface area (Å²) in [5.74, 6) is 0.553. The van der Waals surface area contributed by atoms with Crippen molar-refractivity contribution in [3.05, 3.63) is 0 Å². The first-order valence-corrected chi connectivity index (χ1v) is 6.23. The van der Waals surface area contributed by atoms with Gasteiger partial charge in [-0.2, -0.15) is 0 Å². The highest BCUT2D eigenvalue weighted by molar-refractivity contribution is 5.78. The first-order chi connectivity index (χ1) is 7.34. The van der Waals surface area contributed by atoms with Gasteiger partial charge in [-0.15, -0.1) is 0 Å². The number of rotatable bonds is 7. The number of hydrogen-bond donors (Lipinski definition) is 2. The molecule has 0 spiro atoms. The molecule has 88 valence electrons. The van der Waals surface area contributed by atoms with Crippen molar-refractivity contribution in [2.24, 2.45) is 5.92 Å². The molecule has 2 N–H and O–H groups in total. The third-order valence-corrected chi connectivity index (χ3v) is 3.11. The molecule has 0 radical (unpaired) electrons. The summed E-state index contributed by atoms with van der Waals surface area (Å²) in [7, 11) is 0. The molecule has 1 amide bonds. The van der Waals surface area contributed by atoms with Gasteiger partial charge in [0.2, 0.25) is 5.91 Å². The molecule has 1 aliphatic carbocycles. The Bertz CT molecular complexity index is 176. The summed E-state index contributed by atoms with van der Waals surface area (Å²) in [6.45, 7) is 1.09. The number of carbonyl (C=O) groups is 1. The van der Waals surface area contributed by atoms with Crippen LogP contribution in [0.15, 0.2) is 0 Å². The van der Waals surface area contributed by atoms with E-state index in [9.17, 15) is 4.79 Å². The summed E-state index contributed by atoms with van der Waals surface area (Å²) in [5.41, 5.74) is 0. The summed E-state index contributed by atoms with van der Waals surface area (Å²) >= 11 is 0. The molecule has 1 rings (SSSR count). The predicted molar refractivity (Wildman–Crippen MR) is 60.5 cm³/mol. The van der Waals surface area contributed by atoms with Gasteiger partial charge >= 0.3 is 0 Å². The molecule has 0 aromatic rings. The fourth-order valence-corrected chi connectivity index (χ4v) is 2.13. The molecular formula is C12H23NO2. The van der Waals surface area contributed by atoms with Crippen LogP contribution in [0.2, 0.25) is 0 Å². The lowest BCUT2D eigenvalue weighted by atomic mass is 10.1. The minimum absolute atomic E-state index is 0.259. The minimum Gasteiger partial charge on any atom is -0.396 e. The van der Waals surface area contributed by atoms with Gasteiger partial charge in [0.1, 0.15) is 0 Å². The van der Waals surface area contributed by atoms with E-state index in [1.807, 2.05) is 0 Å². The number of aliphatic hydroxyl groups is 1. The van der Waals surface area contributed by atoms with E-state index in [0.29, 0.717) is 5.92 Å². The Morgan fingerprint density at radius 1 is 1.13 bits per heavy atom. The average molecular weight is 213 g/mol. The summed E-state index contributed by atoms with van der Waals surface area (Å²) < 4.78 is 0. The van der Waals surface area contributed by atoms with Crippen molar-refractivity contribution in [1.82, 2.24) is 5.32 Å². The maximum atomic E-state index is 11.6. The van der Waals surface area contributed by atoms with Crippen LogP contribution in [0.3, 0.4) is 0 Å². The zero-order valence-electron chi connectivity index (χ0n) is 9.50. The molecule has 0 aromatic carbocycles. The van der Waals surface area contributed by atoms with Gasteiger partial charge in [-0.1, -0.05) is 25.7 Å². The lowest BCUT2D eigenvalue weighted by molar-refractivity contribution is -0.124. The fraction of sp³-hybridized carbons (Fsp3) is 0.917. The topological polar surface area (TPSA) is 49.3 Å². The second kappa shape index (κ2) is 7.69. The van der Waals surface area contributed by atoms with Crippen molar-refractivity contribution in [2.75, 3.05) is 13.2 Å². The second-order valence-corrected chi connectivity index (χ2v) is 4.41. The molecule has 3 nitrogen and oxygen atoms in total. The second-order valence-electron chi connectivity index (χ2n) is 4.41. The molecule has 0 aliphatic heterocycles. The van der Waals surface area contributed by atoms with Crippen LogP contribution in [0.1, 0.15) is 51.4 Å². The van der Waals surface area contributed by atoms with E-state index in [1.54, 1.807) is 0 Å². The van der Waals surface area contributed by atoms with Gasteiger partial charge in [0.05, 0.1) is 0 Å². The van der Waals surface area contributed by atoms with E-state index >= 15 is 0 Å². The van der Waals surface area contributed by atoms with Gasteiger partial charge in [0.15, 0.2) is 0 Å². The third-order valence-electron chi connectivity index (χ3n) is 3.11. The fourth-order valence-electron chi connectivity index (χ4n) is 2.13. The smallest absolute Gasteiger partial charge is 0.223 e. The van der Waals surface area contributed by atoms with E-state index in [1.165, 1.54) is 12.8 Å². The number of hydrogen-bond acceptors (Lipinski definition) is 2. The molecular weight excluding hydrogens is 190 g/mol. The zero-order chi connectivity index (χ0) is 10.9. The molecule has 0 atom stereocenters. The van der Waals surface area contributed by atoms with Gasteiger partial charge in [0.25, 0.3) is 0 Å². The molecule has 0 saturated heterocycles. The van der Waals surface area contributed by atoms with Crippen molar-refractivity contribution in [3.63, 3.8) is 0 Å². The number of carbonyl (C=O) groups excluding carboxylic acids is 1. The third kappa shape index (κ3) is 5.17. The maximum Gasteiger partial charge on any atom is 0.223 e. The van der Waals surface area contributed by atoms with Crippen molar-refractivity contribution in [2.45, 2.75) is 51.4 Å². The zero-order valence-corrected chi connectivity index (χ0v) is 9.50. The van der Waals surface area contributed by atoms with E-state index in [4.69, 9.17) is 5.11 Å². The van der Waals surface area contributed by atoms with Crippen molar-refractivity contribution < 1.29 is 9.90 Å². The van der Waals surface area contributed by atoms with Crippen LogP contribution in [-0.4, -0.2) is 24.2 Å². The van der Waals surface area contributed by atoms with Crippen LogP contribution in [0, 0.1) is 5.92 Å². The van der Waals surface area contributed by atoms with E-state index < -0.39 is 0 Å². The van der Waals surface area contributed by atoms with Crippen LogP contribution in [0.5, 0.6) is 0 Å². The molecule has 1 fully saturated rings. The monoisotopic (exact) mass is 213 g/mol. The highest BCUT2D eigenvalue weighted by Gasteiger charge is 2.21. The van der Waals surface area contributed by atoms with E-state index in [-0.39, 0.29) is 12.5 Å². The highest BCUT2D eigenvalue weighted by Crippen LogP contribution is 2.24. The first-order valence-electron chi connectivity index (χ1n) is 6.23. The Kier molecular flexibility index (Phi) is 6.41. The Morgan fingerprint density at radius 2 is 1.80 bits per heavy atom. The lowest BCUT2D eigenvalue weighted by Gasteiger charge is -2.09. The van der Waals surface area contributed by atoms with Crippen LogP contribution in [-0.2, 0) is 4.79 Å². The summed E-state index contributed by atoms with van der Waals surface area (Å²) in [6.07, 6.45) is 8.69. The Balaban J connectivity index is 1.92. The van der Waals surface area contributed by atoms with Crippen LogP contribution in [0.25, 0.3) is 0 Å². The quantitative estimate of drug-likeness (QED) is 0.634. The van der Waals surface area contributed by atoms with E-state index in [2.05, 4.69) is 5.32 Å². The van der Waals surface area contributed by atoms with Crippen LogP contribution >= 0.6 is 0 Å². The number of nitrogens with one attached hydrogen (secondary N) is 1. The van der Waals surface area contributed by atoms with Gasteiger partial charge < -0.3 is 10.4 Å². The van der Waals surface area contributed by atoms with Crippen LogP contribution < -0.4 is 5.32 Å². The molecule has 15 heavy (non-hydrogen) atoms. The van der Waals surface area contributed by atoms with Crippen molar-refractivity contribution in [1.29, 1.82) is 0 Å². The Hall–Kier alpha value is -0.570. The first kappa shape index (κ1) is 12.5. The van der Waals surface area contributed by atoms with Crippen LogP contribution in [0.4, 0.5) is 0 Å². The Labute approximate surface area is 92.3 Å². The van der Waals surface area contributed by atoms with Crippen molar-refractivity contribution >= 4 is 5.91 Å². The average Bonchev–Trinajstić information content (AvgIpc) is 2.76. The lowest BCUT2D eigenvalue weighted by Crippen LogP contribution is -2.30. The summed E-state index contributed by atoms with van der Waals surface area (Å²) in [6, 6.07) is 0. The number of unbranched alkanes of at least 4 members (excludes halogenated alkanes) is 3. The molecule has 0 bridgehead atoms. The molecule has 1 aliphatic rings. The Morgan fingerprint density at radius 3 is 2.47 bits per heavy atom. The summed E-state index contributed by atoms with van der Waals surface area (Å²) in [4.78, 5) is 11.6. The molecule has 0 unspecified atom stereocenters. The molecule has 0 heterocycles. The predicted octanol–water partition coefficient (Wildman–Crippen LogP) is 1.85. The van der Waals surface area contributed by atoms with Gasteiger partial charge in [-0.25, -0.2) is 0 Å². The largest absolute Gasteiger partial charge is 0.396 e. The van der Waals surface area contributed by atoms with Crippen molar-refractivity contribution in [3.8, 4) is 0 Å². The van der Waals surface area contributed by atoms with Gasteiger partial charge in [0, 0.05) is 19.1 Å². The molecule has 3 heteroatoms.